The molecule has 0 aromatic heterocycles. The van der Waals surface area contributed by atoms with Gasteiger partial charge in [-0.2, -0.15) is 0 Å². The van der Waals surface area contributed by atoms with Crippen LogP contribution in [-0.2, 0) is 23.9 Å². The van der Waals surface area contributed by atoms with Gasteiger partial charge in [-0.15, -0.1) is 0 Å². The molecule has 3 fully saturated rings. The summed E-state index contributed by atoms with van der Waals surface area (Å²) in [6.45, 7) is 3.67. The van der Waals surface area contributed by atoms with E-state index in [1.807, 2.05) is 0 Å². The number of ether oxygens (including phenoxy) is 2. The number of hydrogen-bond donors (Lipinski definition) is 0. The van der Waals surface area contributed by atoms with Crippen molar-refractivity contribution in [2.24, 2.45) is 34.5 Å². The number of fused-ring (bicyclic) bond motifs is 5. The Kier molecular flexibility index (Phi) is 5.36. The van der Waals surface area contributed by atoms with Gasteiger partial charge in [0.25, 0.3) is 12.9 Å². The lowest BCUT2D eigenvalue weighted by atomic mass is 9.45. The maximum Gasteiger partial charge on any atom is 0.293 e. The molecular weight excluding hydrogens is 356 g/mol. The summed E-state index contributed by atoms with van der Waals surface area (Å²) in [5.74, 6) is 1.67. The van der Waals surface area contributed by atoms with Crippen molar-refractivity contribution in [3.05, 3.63) is 11.6 Å². The summed E-state index contributed by atoms with van der Waals surface area (Å²) < 4.78 is 10.2. The Balaban J connectivity index is 1.59. The summed E-state index contributed by atoms with van der Waals surface area (Å²) in [7, 11) is 0. The first-order valence-corrected chi connectivity index (χ1v) is 10.9. The Labute approximate surface area is 167 Å². The lowest BCUT2D eigenvalue weighted by molar-refractivity contribution is -0.148. The summed E-state index contributed by atoms with van der Waals surface area (Å²) in [4.78, 5) is 34.2. The molecule has 3 saturated carbocycles. The summed E-state index contributed by atoms with van der Waals surface area (Å²) in [5.41, 5.74) is 1.47. The fourth-order valence-electron chi connectivity index (χ4n) is 7.58. The fraction of sp³-hybridized carbons (Fsp3) is 0.783. The Morgan fingerprint density at radius 3 is 2.71 bits per heavy atom. The lowest BCUT2D eigenvalue weighted by Gasteiger charge is -2.59. The second kappa shape index (κ2) is 7.64. The molecule has 0 spiro atoms. The van der Waals surface area contributed by atoms with Gasteiger partial charge >= 0.3 is 0 Å². The van der Waals surface area contributed by atoms with Gasteiger partial charge in [-0.25, -0.2) is 0 Å². The first-order valence-electron chi connectivity index (χ1n) is 10.9. The van der Waals surface area contributed by atoms with Crippen molar-refractivity contribution in [3.8, 4) is 0 Å². The van der Waals surface area contributed by atoms with Gasteiger partial charge < -0.3 is 9.47 Å². The molecule has 0 unspecified atom stereocenters. The highest BCUT2D eigenvalue weighted by atomic mass is 16.5. The third kappa shape index (κ3) is 2.93. The number of allylic oxidation sites excluding steroid dienone is 2. The van der Waals surface area contributed by atoms with Gasteiger partial charge in [-0.3, -0.25) is 14.4 Å². The number of ketones is 1. The maximum absolute atomic E-state index is 12.7. The van der Waals surface area contributed by atoms with Crippen molar-refractivity contribution in [2.75, 3.05) is 13.2 Å². The third-order valence-corrected chi connectivity index (χ3v) is 8.79. The molecule has 4 aliphatic carbocycles. The molecule has 0 amide bonds. The second-order valence-electron chi connectivity index (χ2n) is 9.65. The first kappa shape index (κ1) is 19.7. The Morgan fingerprint density at radius 1 is 1.11 bits per heavy atom. The van der Waals surface area contributed by atoms with E-state index in [1.54, 1.807) is 0 Å². The Hall–Kier alpha value is -1.65. The van der Waals surface area contributed by atoms with Gasteiger partial charge in [0.1, 0.15) is 6.61 Å². The van der Waals surface area contributed by atoms with Crippen LogP contribution in [0.25, 0.3) is 0 Å². The Bertz CT molecular complexity index is 670. The van der Waals surface area contributed by atoms with E-state index >= 15 is 0 Å². The highest BCUT2D eigenvalue weighted by Crippen LogP contribution is 2.66. The van der Waals surface area contributed by atoms with Gasteiger partial charge in [0.2, 0.25) is 0 Å². The van der Waals surface area contributed by atoms with Crippen molar-refractivity contribution in [2.45, 2.75) is 64.7 Å². The van der Waals surface area contributed by atoms with Crippen molar-refractivity contribution in [1.29, 1.82) is 0 Å². The van der Waals surface area contributed by atoms with Gasteiger partial charge in [0.05, 0.1) is 6.61 Å². The van der Waals surface area contributed by atoms with Crippen LogP contribution < -0.4 is 0 Å². The molecule has 5 nitrogen and oxygen atoms in total. The highest BCUT2D eigenvalue weighted by Gasteiger charge is 2.59. The second-order valence-corrected chi connectivity index (χ2v) is 9.65. The molecule has 4 rings (SSSR count). The van der Waals surface area contributed by atoms with E-state index < -0.39 is 0 Å². The van der Waals surface area contributed by atoms with E-state index in [2.05, 4.69) is 13.0 Å². The van der Waals surface area contributed by atoms with E-state index in [4.69, 9.17) is 9.47 Å². The molecule has 28 heavy (non-hydrogen) atoms. The van der Waals surface area contributed by atoms with Crippen LogP contribution in [0, 0.1) is 34.5 Å². The van der Waals surface area contributed by atoms with Crippen LogP contribution in [0.1, 0.15) is 64.7 Å². The standard InChI is InChI=1S/C23H32O5/c1-22-11-9-19-17(18(22)7-8-20(22)21(26)12-27-14-24)6-5-16-4-2-3-10-23(16,19)13-28-15-25/h7,14-17,19-20H,2-6,8-13H2,1H3/t16-,17+,19+,20-,22+,23-/m1/s1. The third-order valence-electron chi connectivity index (χ3n) is 8.79. The zero-order valence-electron chi connectivity index (χ0n) is 16.9. The maximum atomic E-state index is 12.7. The molecule has 0 radical (unpaired) electrons. The summed E-state index contributed by atoms with van der Waals surface area (Å²) in [5, 5.41) is 0. The zero-order valence-corrected chi connectivity index (χ0v) is 16.9. The predicted octanol–water partition coefficient (Wildman–Crippen LogP) is 3.85. The van der Waals surface area contributed by atoms with Crippen molar-refractivity contribution < 1.29 is 23.9 Å². The van der Waals surface area contributed by atoms with E-state index in [1.165, 1.54) is 37.7 Å². The fourth-order valence-corrected chi connectivity index (χ4v) is 7.58. The zero-order chi connectivity index (χ0) is 19.8. The minimum atomic E-state index is -0.113. The van der Waals surface area contributed by atoms with Gasteiger partial charge in [0.15, 0.2) is 5.78 Å². The highest BCUT2D eigenvalue weighted by molar-refractivity contribution is 5.85. The summed E-state index contributed by atoms with van der Waals surface area (Å²) in [6, 6.07) is 0. The van der Waals surface area contributed by atoms with Gasteiger partial charge in [0, 0.05) is 11.3 Å². The smallest absolute Gasteiger partial charge is 0.293 e. The van der Waals surface area contributed by atoms with Crippen LogP contribution in [0.2, 0.25) is 0 Å². The number of hydrogen-bond acceptors (Lipinski definition) is 5. The minimum Gasteiger partial charge on any atom is -0.467 e. The molecule has 0 saturated heterocycles. The number of Topliss-reactive ketones (excluding diaryl/α,β-unsaturated/α-hetero) is 1. The molecule has 5 heteroatoms. The van der Waals surface area contributed by atoms with Crippen LogP contribution in [-0.4, -0.2) is 31.9 Å². The van der Waals surface area contributed by atoms with Gasteiger partial charge in [-0.05, 0) is 68.1 Å². The summed E-state index contributed by atoms with van der Waals surface area (Å²) in [6.07, 6.45) is 12.5. The van der Waals surface area contributed by atoms with Crippen molar-refractivity contribution in [1.82, 2.24) is 0 Å². The number of carbonyl (C=O) groups excluding carboxylic acids is 3. The van der Waals surface area contributed by atoms with Gasteiger partial charge in [-0.1, -0.05) is 31.4 Å². The molecule has 0 aromatic rings. The molecule has 154 valence electrons. The van der Waals surface area contributed by atoms with Crippen LogP contribution in [0.3, 0.4) is 0 Å². The van der Waals surface area contributed by atoms with Crippen LogP contribution in [0.15, 0.2) is 11.6 Å². The molecule has 0 N–H and O–H groups in total. The predicted molar refractivity (Wildman–Crippen MR) is 103 cm³/mol. The van der Waals surface area contributed by atoms with E-state index in [-0.39, 0.29) is 29.1 Å². The van der Waals surface area contributed by atoms with E-state index in [9.17, 15) is 14.4 Å². The first-order chi connectivity index (χ1) is 13.6. The quantitative estimate of drug-likeness (QED) is 0.489. The lowest BCUT2D eigenvalue weighted by Crippen LogP contribution is -2.54. The monoisotopic (exact) mass is 388 g/mol. The van der Waals surface area contributed by atoms with Crippen molar-refractivity contribution >= 4 is 18.7 Å². The number of rotatable bonds is 7. The molecule has 0 aromatic carbocycles. The van der Waals surface area contributed by atoms with Crippen LogP contribution >= 0.6 is 0 Å². The molecule has 6 atom stereocenters. The largest absolute Gasteiger partial charge is 0.467 e. The summed E-state index contributed by atoms with van der Waals surface area (Å²) >= 11 is 0. The minimum absolute atomic E-state index is 0.0460. The Morgan fingerprint density at radius 2 is 1.93 bits per heavy atom. The van der Waals surface area contributed by atoms with Crippen molar-refractivity contribution in [3.63, 3.8) is 0 Å². The SMILES string of the molecule is C[C@]12CC[C@H]3[C@@H](CC[C@H]4CCCC[C@@]43COC=O)C1=CC[C@@H]2C(=O)COC=O. The van der Waals surface area contributed by atoms with Crippen LogP contribution in [0.4, 0.5) is 0 Å². The molecule has 4 aliphatic rings. The molecule has 0 bridgehead atoms. The van der Waals surface area contributed by atoms with E-state index in [0.29, 0.717) is 37.3 Å². The average molecular weight is 389 g/mol. The normalized spacial score (nSPS) is 41.7. The van der Waals surface area contributed by atoms with E-state index in [0.717, 1.165) is 25.7 Å². The molecule has 0 aliphatic heterocycles. The number of carbonyl (C=O) groups is 3. The molecular formula is C23H32O5. The molecule has 0 heterocycles. The average Bonchev–Trinajstić information content (AvgIpc) is 3.07. The van der Waals surface area contributed by atoms with Crippen LogP contribution in [0.5, 0.6) is 0 Å². The topological polar surface area (TPSA) is 69.7 Å².